The van der Waals surface area contributed by atoms with E-state index < -0.39 is 6.04 Å². The summed E-state index contributed by atoms with van der Waals surface area (Å²) in [5.41, 5.74) is 6.59. The van der Waals surface area contributed by atoms with E-state index in [1.807, 2.05) is 75.1 Å². The first-order valence-electron chi connectivity index (χ1n) is 15.5. The lowest BCUT2D eigenvalue weighted by atomic mass is 9.92. The van der Waals surface area contributed by atoms with Crippen LogP contribution in [-0.4, -0.2) is 73.0 Å². The number of amides is 3. The minimum atomic E-state index is -0.852. The van der Waals surface area contributed by atoms with Crippen LogP contribution in [0.25, 0.3) is 22.0 Å². The van der Waals surface area contributed by atoms with Crippen LogP contribution in [0.4, 0.5) is 20.6 Å². The fraction of sp³-hybridized carbons (Fsp3) is 0.278. The molecule has 10 heteroatoms. The maximum absolute atomic E-state index is 14.3. The first-order valence-corrected chi connectivity index (χ1v) is 16.4. The predicted octanol–water partition coefficient (Wildman–Crippen LogP) is 6.74. The number of aromatic nitrogens is 1. The lowest BCUT2D eigenvalue weighted by Crippen LogP contribution is -2.56. The van der Waals surface area contributed by atoms with Gasteiger partial charge in [-0.1, -0.05) is 37.3 Å². The molecular formula is C36H39FN6O2S. The van der Waals surface area contributed by atoms with E-state index in [0.717, 1.165) is 45.4 Å². The molecule has 6 rings (SSSR count). The number of thiophene rings is 1. The number of aromatic amines is 1. The van der Waals surface area contributed by atoms with E-state index in [4.69, 9.17) is 0 Å². The van der Waals surface area contributed by atoms with Gasteiger partial charge in [0.25, 0.3) is 0 Å². The van der Waals surface area contributed by atoms with Crippen LogP contribution in [-0.2, 0) is 11.3 Å². The molecule has 0 saturated carbocycles. The van der Waals surface area contributed by atoms with Crippen molar-refractivity contribution in [3.05, 3.63) is 107 Å². The molecule has 0 radical (unpaired) electrons. The molecule has 1 aliphatic heterocycles. The van der Waals surface area contributed by atoms with Gasteiger partial charge in [-0.15, -0.1) is 0 Å². The van der Waals surface area contributed by atoms with Crippen LogP contribution in [0.2, 0.25) is 0 Å². The minimum Gasteiger partial charge on any atom is -0.368 e. The number of piperazine rings is 1. The first kappa shape index (κ1) is 31.3. The van der Waals surface area contributed by atoms with E-state index >= 15 is 0 Å². The zero-order valence-electron chi connectivity index (χ0n) is 26.3. The summed E-state index contributed by atoms with van der Waals surface area (Å²) < 4.78 is 13.4. The van der Waals surface area contributed by atoms with Gasteiger partial charge in [-0.05, 0) is 84.0 Å². The molecule has 0 bridgehead atoms. The molecule has 238 valence electrons. The minimum absolute atomic E-state index is 0.276. The number of carbonyl (C=O) groups is 2. The Balaban J connectivity index is 1.26. The van der Waals surface area contributed by atoms with Gasteiger partial charge in [-0.25, -0.2) is 9.18 Å². The summed E-state index contributed by atoms with van der Waals surface area (Å²) in [7, 11) is 4.03. The predicted molar refractivity (Wildman–Crippen MR) is 185 cm³/mol. The van der Waals surface area contributed by atoms with Crippen molar-refractivity contribution < 1.29 is 14.0 Å². The van der Waals surface area contributed by atoms with Gasteiger partial charge in [0.1, 0.15) is 11.9 Å². The molecule has 5 aromatic rings. The van der Waals surface area contributed by atoms with Gasteiger partial charge in [0, 0.05) is 72.7 Å². The van der Waals surface area contributed by atoms with Gasteiger partial charge in [-0.2, -0.15) is 11.3 Å². The Labute approximate surface area is 272 Å². The van der Waals surface area contributed by atoms with Gasteiger partial charge < -0.3 is 30.3 Å². The van der Waals surface area contributed by atoms with E-state index in [0.29, 0.717) is 31.9 Å². The molecule has 0 aliphatic carbocycles. The third-order valence-electron chi connectivity index (χ3n) is 8.60. The second-order valence-corrected chi connectivity index (χ2v) is 12.9. The van der Waals surface area contributed by atoms with E-state index in [1.54, 1.807) is 28.4 Å². The van der Waals surface area contributed by atoms with Crippen molar-refractivity contribution in [2.45, 2.75) is 25.4 Å². The largest absolute Gasteiger partial charge is 0.368 e. The highest BCUT2D eigenvalue weighted by Gasteiger charge is 2.32. The van der Waals surface area contributed by atoms with E-state index in [1.165, 1.54) is 12.1 Å². The van der Waals surface area contributed by atoms with Crippen LogP contribution < -0.4 is 15.5 Å². The fourth-order valence-electron chi connectivity index (χ4n) is 6.15. The number of para-hydroxylation sites is 1. The number of fused-ring (bicyclic) bond motifs is 1. The summed E-state index contributed by atoms with van der Waals surface area (Å²) in [5.74, 6) is -0.896. The average Bonchev–Trinajstić information content (AvgIpc) is 3.74. The maximum atomic E-state index is 14.3. The highest BCUT2D eigenvalue weighted by molar-refractivity contribution is 7.08. The number of H-pyrrole nitrogens is 1. The Hall–Kier alpha value is -4.67. The monoisotopic (exact) mass is 638 g/mol. The zero-order chi connectivity index (χ0) is 32.2. The number of hydrogen-bond acceptors (Lipinski definition) is 5. The Morgan fingerprint density at radius 2 is 1.76 bits per heavy atom. The summed E-state index contributed by atoms with van der Waals surface area (Å²) in [6.07, 6.45) is 1.93. The number of rotatable bonds is 9. The van der Waals surface area contributed by atoms with Gasteiger partial charge in [-0.3, -0.25) is 4.79 Å². The van der Waals surface area contributed by atoms with E-state index in [2.05, 4.69) is 36.9 Å². The number of hydrogen-bond donors (Lipinski definition) is 3. The number of halogens is 1. The molecule has 1 fully saturated rings. The van der Waals surface area contributed by atoms with Crippen LogP contribution in [0.1, 0.15) is 24.0 Å². The average molecular weight is 639 g/mol. The third-order valence-corrected chi connectivity index (χ3v) is 9.29. The van der Waals surface area contributed by atoms with Crippen molar-refractivity contribution in [1.29, 1.82) is 0 Å². The summed E-state index contributed by atoms with van der Waals surface area (Å²) in [4.78, 5) is 37.4. The summed E-state index contributed by atoms with van der Waals surface area (Å²) in [5, 5.41) is 11.4. The molecule has 3 N–H and O–H groups in total. The Bertz CT molecular complexity index is 1800. The molecule has 1 aliphatic rings. The third kappa shape index (κ3) is 6.93. The van der Waals surface area contributed by atoms with Gasteiger partial charge >= 0.3 is 6.03 Å². The molecule has 3 heterocycles. The quantitative estimate of drug-likeness (QED) is 0.167. The fourth-order valence-corrected chi connectivity index (χ4v) is 6.81. The topological polar surface area (TPSA) is 83.7 Å². The molecule has 2 aromatic heterocycles. The molecule has 3 aromatic carbocycles. The van der Waals surface area contributed by atoms with Crippen LogP contribution in [0.5, 0.6) is 0 Å². The molecule has 1 saturated heterocycles. The zero-order valence-corrected chi connectivity index (χ0v) is 27.1. The number of urea groups is 1. The molecule has 2 unspecified atom stereocenters. The maximum Gasteiger partial charge on any atom is 0.318 e. The van der Waals surface area contributed by atoms with Gasteiger partial charge in [0.05, 0.1) is 0 Å². The smallest absolute Gasteiger partial charge is 0.318 e. The molecule has 0 spiro atoms. The summed E-state index contributed by atoms with van der Waals surface area (Å²) >= 11 is 1.60. The highest BCUT2D eigenvalue weighted by Crippen LogP contribution is 2.33. The van der Waals surface area contributed by atoms with Gasteiger partial charge in [0.2, 0.25) is 5.91 Å². The van der Waals surface area contributed by atoms with Gasteiger partial charge in [0.15, 0.2) is 0 Å². The Morgan fingerprint density at radius 3 is 2.48 bits per heavy atom. The lowest BCUT2D eigenvalue weighted by Gasteiger charge is -2.37. The van der Waals surface area contributed by atoms with E-state index in [9.17, 15) is 14.0 Å². The Morgan fingerprint density at radius 1 is 1.00 bits per heavy atom. The summed E-state index contributed by atoms with van der Waals surface area (Å²) in [6.45, 7) is 4.88. The number of benzene rings is 3. The number of nitrogens with one attached hydrogen (secondary N) is 3. The van der Waals surface area contributed by atoms with Crippen LogP contribution in [0, 0.1) is 5.82 Å². The van der Waals surface area contributed by atoms with Crippen LogP contribution >= 0.6 is 11.3 Å². The number of anilines is 2. The standard InChI is InChI=1S/C36H39FN6O2S/c1-24(31-21-38-32-7-5-4-6-30(31)32)34(40-36(45)43-17-15-42(16-18-43)28-11-9-27(37)10-12-28)35(44)39-33-20-25(22-41(2)3)8-13-29(33)26-14-19-46-23-26/h4-14,19-21,23-24,34,38H,15-18,22H2,1-3H3,(H,39,44)(H,40,45). The van der Waals surface area contributed by atoms with Crippen LogP contribution in [0.15, 0.2) is 89.8 Å². The molecule has 8 nitrogen and oxygen atoms in total. The molecule has 46 heavy (non-hydrogen) atoms. The summed E-state index contributed by atoms with van der Waals surface area (Å²) in [6, 6.07) is 21.4. The van der Waals surface area contributed by atoms with Crippen molar-refractivity contribution in [2.75, 3.05) is 50.5 Å². The molecule has 3 amide bonds. The van der Waals surface area contributed by atoms with Crippen LogP contribution in [0.3, 0.4) is 0 Å². The van der Waals surface area contributed by atoms with Crippen molar-refractivity contribution in [2.24, 2.45) is 0 Å². The van der Waals surface area contributed by atoms with Crippen molar-refractivity contribution in [3.63, 3.8) is 0 Å². The number of carbonyl (C=O) groups excluding carboxylic acids is 2. The Kier molecular flexibility index (Phi) is 9.37. The normalized spacial score (nSPS) is 14.8. The molecule has 2 atom stereocenters. The second kappa shape index (κ2) is 13.8. The molecular weight excluding hydrogens is 600 g/mol. The first-order chi connectivity index (χ1) is 22.3. The van der Waals surface area contributed by atoms with Crippen molar-refractivity contribution in [3.8, 4) is 11.1 Å². The SMILES string of the molecule is CC(c1c[nH]c2ccccc12)C(NC(=O)N1CCN(c2ccc(F)cc2)CC1)C(=O)Nc1cc(CN(C)C)ccc1-c1ccsc1. The number of nitrogens with zero attached hydrogens (tertiary/aromatic N) is 3. The van der Waals surface area contributed by atoms with Crippen molar-refractivity contribution in [1.82, 2.24) is 20.1 Å². The second-order valence-electron chi connectivity index (χ2n) is 12.1. The lowest BCUT2D eigenvalue weighted by molar-refractivity contribution is -0.118. The van der Waals surface area contributed by atoms with Crippen molar-refractivity contribution >= 4 is 45.6 Å². The highest BCUT2D eigenvalue weighted by atomic mass is 32.1. The van der Waals surface area contributed by atoms with E-state index in [-0.39, 0.29) is 23.7 Å².